The number of ether oxygens (including phenoxy) is 2. The first-order valence-corrected chi connectivity index (χ1v) is 6.62. The van der Waals surface area contributed by atoms with Gasteiger partial charge in [0.25, 0.3) is 0 Å². The summed E-state index contributed by atoms with van der Waals surface area (Å²) < 4.78 is 16.3. The Labute approximate surface area is 125 Å². The van der Waals surface area contributed by atoms with Gasteiger partial charge in [0.1, 0.15) is 17.3 Å². The van der Waals surface area contributed by atoms with Gasteiger partial charge in [0, 0.05) is 0 Å². The first-order valence-electron chi connectivity index (χ1n) is 5.83. The van der Waals surface area contributed by atoms with E-state index in [1.807, 2.05) is 0 Å². The highest BCUT2D eigenvalue weighted by Crippen LogP contribution is 2.25. The Kier molecular flexibility index (Phi) is 4.63. The fourth-order valence-corrected chi connectivity index (χ4v) is 2.01. The molecule has 0 saturated carbocycles. The lowest BCUT2D eigenvalue weighted by Crippen LogP contribution is -1.99. The maximum Gasteiger partial charge on any atom is 0.189 e. The number of allylic oxidation sites excluding steroid dienone is 1. The third kappa shape index (κ3) is 3.11. The zero-order chi connectivity index (χ0) is 14.5. The first-order chi connectivity index (χ1) is 9.65. The number of hydrogen-bond acceptors (Lipinski definition) is 4. The van der Waals surface area contributed by atoms with Crippen molar-refractivity contribution in [3.05, 3.63) is 52.4 Å². The molecule has 0 amide bonds. The van der Waals surface area contributed by atoms with Crippen LogP contribution in [-0.4, -0.2) is 20.0 Å². The lowest BCUT2D eigenvalue weighted by atomic mass is 10.1. The Morgan fingerprint density at radius 3 is 2.65 bits per heavy atom. The minimum atomic E-state index is -0.191. The van der Waals surface area contributed by atoms with Crippen molar-refractivity contribution in [1.82, 2.24) is 0 Å². The molecule has 2 aromatic rings. The van der Waals surface area contributed by atoms with E-state index in [4.69, 9.17) is 13.9 Å². The molecule has 104 valence electrons. The van der Waals surface area contributed by atoms with Crippen molar-refractivity contribution >= 4 is 27.8 Å². The van der Waals surface area contributed by atoms with Gasteiger partial charge in [-0.25, -0.2) is 0 Å². The predicted molar refractivity (Wildman–Crippen MR) is 79.3 cm³/mol. The second kappa shape index (κ2) is 6.43. The van der Waals surface area contributed by atoms with E-state index in [1.54, 1.807) is 43.7 Å². The van der Waals surface area contributed by atoms with Crippen LogP contribution in [0.5, 0.6) is 11.5 Å². The summed E-state index contributed by atoms with van der Waals surface area (Å²) in [6.45, 7) is 0. The lowest BCUT2D eigenvalue weighted by molar-refractivity contribution is 0.104. The minimum Gasteiger partial charge on any atom is -0.497 e. The second-order valence-corrected chi connectivity index (χ2v) is 4.75. The first kappa shape index (κ1) is 14.4. The Bertz CT molecular complexity index is 643. The molecule has 0 aliphatic heterocycles. The molecule has 0 aliphatic rings. The Morgan fingerprint density at radius 2 is 2.05 bits per heavy atom. The van der Waals surface area contributed by atoms with Crippen molar-refractivity contribution in [3.63, 3.8) is 0 Å². The summed E-state index contributed by atoms with van der Waals surface area (Å²) in [7, 11) is 3.07. The topological polar surface area (TPSA) is 48.7 Å². The number of benzene rings is 1. The molecule has 1 aromatic heterocycles. The normalized spacial score (nSPS) is 10.8. The van der Waals surface area contributed by atoms with Crippen molar-refractivity contribution in [2.45, 2.75) is 0 Å². The summed E-state index contributed by atoms with van der Waals surface area (Å²) in [5.74, 6) is 1.49. The molecule has 0 unspecified atom stereocenters. The van der Waals surface area contributed by atoms with Crippen LogP contribution in [0.4, 0.5) is 0 Å². The van der Waals surface area contributed by atoms with Crippen LogP contribution in [0.3, 0.4) is 0 Å². The van der Waals surface area contributed by atoms with Crippen LogP contribution in [0.15, 0.2) is 45.5 Å². The molecule has 2 rings (SSSR count). The van der Waals surface area contributed by atoms with E-state index >= 15 is 0 Å². The van der Waals surface area contributed by atoms with E-state index < -0.39 is 0 Å². The van der Waals surface area contributed by atoms with Gasteiger partial charge < -0.3 is 13.9 Å². The lowest BCUT2D eigenvalue weighted by Gasteiger charge is -2.07. The average molecular weight is 337 g/mol. The van der Waals surface area contributed by atoms with Crippen molar-refractivity contribution in [1.29, 1.82) is 0 Å². The number of carbonyl (C=O) groups excluding carboxylic acids is 1. The molecule has 0 N–H and O–H groups in total. The zero-order valence-corrected chi connectivity index (χ0v) is 12.6. The van der Waals surface area contributed by atoms with Crippen LogP contribution < -0.4 is 9.47 Å². The summed E-state index contributed by atoms with van der Waals surface area (Å²) in [6, 6.07) is 6.84. The van der Waals surface area contributed by atoms with Crippen LogP contribution in [-0.2, 0) is 0 Å². The maximum absolute atomic E-state index is 12.2. The predicted octanol–water partition coefficient (Wildman–Crippen LogP) is 3.96. The third-order valence-corrected chi connectivity index (χ3v) is 3.36. The van der Waals surface area contributed by atoms with E-state index in [2.05, 4.69) is 15.9 Å². The van der Waals surface area contributed by atoms with E-state index in [0.29, 0.717) is 22.8 Å². The summed E-state index contributed by atoms with van der Waals surface area (Å²) in [5.41, 5.74) is 0.436. The van der Waals surface area contributed by atoms with Gasteiger partial charge in [-0.05, 0) is 52.3 Å². The van der Waals surface area contributed by atoms with Gasteiger partial charge in [-0.3, -0.25) is 4.79 Å². The van der Waals surface area contributed by atoms with Gasteiger partial charge in [-0.1, -0.05) is 0 Å². The summed E-state index contributed by atoms with van der Waals surface area (Å²) in [6.07, 6.45) is 4.58. The number of carbonyl (C=O) groups is 1. The average Bonchev–Trinajstić information content (AvgIpc) is 2.89. The fraction of sp³-hybridized carbons (Fsp3) is 0.133. The summed E-state index contributed by atoms with van der Waals surface area (Å²) in [4.78, 5) is 12.2. The molecule has 20 heavy (non-hydrogen) atoms. The zero-order valence-electron chi connectivity index (χ0n) is 11.1. The van der Waals surface area contributed by atoms with Gasteiger partial charge in [-0.15, -0.1) is 0 Å². The molecular formula is C15H13BrO4. The number of furan rings is 1. The molecule has 0 spiro atoms. The molecular weight excluding hydrogens is 324 g/mol. The quantitative estimate of drug-likeness (QED) is 0.612. The molecule has 4 nitrogen and oxygen atoms in total. The molecule has 0 saturated heterocycles. The van der Waals surface area contributed by atoms with Gasteiger partial charge in [0.05, 0.1) is 30.5 Å². The number of rotatable bonds is 5. The number of methoxy groups -OCH3 is 2. The number of hydrogen-bond donors (Lipinski definition) is 0. The summed E-state index contributed by atoms with van der Waals surface area (Å²) >= 11 is 3.32. The van der Waals surface area contributed by atoms with E-state index in [-0.39, 0.29) is 5.78 Å². The van der Waals surface area contributed by atoms with E-state index in [0.717, 1.165) is 4.47 Å². The molecule has 0 aliphatic carbocycles. The monoisotopic (exact) mass is 336 g/mol. The van der Waals surface area contributed by atoms with Crippen LogP contribution >= 0.6 is 15.9 Å². The molecule has 1 aromatic carbocycles. The van der Waals surface area contributed by atoms with Crippen LogP contribution in [0.2, 0.25) is 0 Å². The third-order valence-electron chi connectivity index (χ3n) is 2.70. The van der Waals surface area contributed by atoms with Gasteiger partial charge >= 0.3 is 0 Å². The van der Waals surface area contributed by atoms with Crippen molar-refractivity contribution in [2.75, 3.05) is 14.2 Å². The maximum atomic E-state index is 12.2. The van der Waals surface area contributed by atoms with Crippen LogP contribution in [0, 0.1) is 0 Å². The minimum absolute atomic E-state index is 0.191. The Balaban J connectivity index is 2.28. The van der Waals surface area contributed by atoms with Gasteiger partial charge in [0.15, 0.2) is 5.78 Å². The summed E-state index contributed by atoms with van der Waals surface area (Å²) in [5, 5.41) is 0. The highest BCUT2D eigenvalue weighted by molar-refractivity contribution is 9.10. The molecule has 5 heteroatoms. The number of ketones is 1. The molecule has 0 bridgehead atoms. The number of halogens is 1. The SMILES string of the molecule is COc1ccc(OC)c(C(=O)/C=C/c2occc2Br)c1. The highest BCUT2D eigenvalue weighted by Gasteiger charge is 2.11. The van der Waals surface area contributed by atoms with Gasteiger partial charge in [0.2, 0.25) is 0 Å². The Morgan fingerprint density at radius 1 is 1.25 bits per heavy atom. The van der Waals surface area contributed by atoms with Crippen LogP contribution in [0.1, 0.15) is 16.1 Å². The van der Waals surface area contributed by atoms with Crippen LogP contribution in [0.25, 0.3) is 6.08 Å². The molecule has 1 heterocycles. The van der Waals surface area contributed by atoms with E-state index in [1.165, 1.54) is 13.2 Å². The molecule has 0 radical (unpaired) electrons. The van der Waals surface area contributed by atoms with Crippen molar-refractivity contribution in [2.24, 2.45) is 0 Å². The second-order valence-electron chi connectivity index (χ2n) is 3.90. The molecule has 0 atom stereocenters. The highest BCUT2D eigenvalue weighted by atomic mass is 79.9. The fourth-order valence-electron chi connectivity index (χ4n) is 1.67. The molecule has 0 fully saturated rings. The van der Waals surface area contributed by atoms with Crippen molar-refractivity contribution in [3.8, 4) is 11.5 Å². The smallest absolute Gasteiger partial charge is 0.189 e. The Hall–Kier alpha value is -2.01. The van der Waals surface area contributed by atoms with Gasteiger partial charge in [-0.2, -0.15) is 0 Å². The van der Waals surface area contributed by atoms with E-state index in [9.17, 15) is 4.79 Å². The largest absolute Gasteiger partial charge is 0.497 e. The standard InChI is InChI=1S/C15H13BrO4/c1-18-10-3-5-14(19-2)11(9-10)13(17)4-6-15-12(16)7-8-20-15/h3-9H,1-2H3/b6-4+. The van der Waals surface area contributed by atoms with Crippen molar-refractivity contribution < 1.29 is 18.7 Å².